The highest BCUT2D eigenvalue weighted by Crippen LogP contribution is 2.43. The number of benzene rings is 1. The lowest BCUT2D eigenvalue weighted by atomic mass is 9.67. The first-order chi connectivity index (χ1) is 8.83. The Morgan fingerprint density at radius 1 is 1.28 bits per heavy atom. The molecule has 1 aromatic rings. The van der Waals surface area contributed by atoms with Gasteiger partial charge in [-0.15, -0.1) is 0 Å². The van der Waals surface area contributed by atoms with Gasteiger partial charge in [0.2, 0.25) is 6.79 Å². The van der Waals surface area contributed by atoms with Crippen LogP contribution in [0.5, 0.6) is 11.5 Å². The normalized spacial score (nSPS) is 19.6. The van der Waals surface area contributed by atoms with Crippen LogP contribution in [0.4, 0.5) is 0 Å². The molecule has 1 aliphatic heterocycles. The minimum absolute atomic E-state index is 0.352. The van der Waals surface area contributed by atoms with Gasteiger partial charge in [-0.05, 0) is 30.7 Å². The first kappa shape index (κ1) is 11.8. The van der Waals surface area contributed by atoms with Crippen LogP contribution < -0.4 is 14.8 Å². The first-order valence-electron chi connectivity index (χ1n) is 6.91. The van der Waals surface area contributed by atoms with Crippen LogP contribution in [0.15, 0.2) is 18.2 Å². The highest BCUT2D eigenvalue weighted by atomic mass is 16.7. The average Bonchev–Trinajstić information content (AvgIpc) is 2.81. The molecule has 0 unspecified atom stereocenters. The molecule has 0 saturated heterocycles. The van der Waals surface area contributed by atoms with Gasteiger partial charge >= 0.3 is 0 Å². The van der Waals surface area contributed by atoms with Crippen molar-refractivity contribution in [3.63, 3.8) is 0 Å². The molecule has 3 nitrogen and oxygen atoms in total. The Labute approximate surface area is 108 Å². The molecule has 3 heteroatoms. The summed E-state index contributed by atoms with van der Waals surface area (Å²) < 4.78 is 10.9. The van der Waals surface area contributed by atoms with Gasteiger partial charge in [0.1, 0.15) is 0 Å². The highest BCUT2D eigenvalue weighted by Gasteiger charge is 2.34. The zero-order valence-corrected chi connectivity index (χ0v) is 11.0. The van der Waals surface area contributed by atoms with E-state index in [4.69, 9.17) is 9.47 Å². The molecule has 1 N–H and O–H groups in total. The van der Waals surface area contributed by atoms with Crippen molar-refractivity contribution in [3.05, 3.63) is 23.8 Å². The van der Waals surface area contributed by atoms with Crippen molar-refractivity contribution in [2.24, 2.45) is 5.41 Å². The molecule has 1 fully saturated rings. The van der Waals surface area contributed by atoms with Crippen molar-refractivity contribution < 1.29 is 9.47 Å². The van der Waals surface area contributed by atoms with E-state index in [0.717, 1.165) is 24.6 Å². The van der Waals surface area contributed by atoms with E-state index in [2.05, 4.69) is 18.3 Å². The molecule has 0 bridgehead atoms. The molecule has 1 aliphatic carbocycles. The smallest absolute Gasteiger partial charge is 0.231 e. The molecule has 0 amide bonds. The molecule has 0 spiro atoms. The molecule has 2 aliphatic rings. The number of hydrogen-bond acceptors (Lipinski definition) is 3. The molecule has 18 heavy (non-hydrogen) atoms. The third-order valence-electron chi connectivity index (χ3n) is 4.46. The summed E-state index contributed by atoms with van der Waals surface area (Å²) in [4.78, 5) is 0. The van der Waals surface area contributed by atoms with Gasteiger partial charge in [-0.2, -0.15) is 0 Å². The van der Waals surface area contributed by atoms with Gasteiger partial charge in [-0.3, -0.25) is 0 Å². The lowest BCUT2D eigenvalue weighted by Gasteiger charge is -2.41. The maximum absolute atomic E-state index is 5.52. The molecular formula is C15H21NO2. The molecule has 1 saturated carbocycles. The van der Waals surface area contributed by atoms with Crippen LogP contribution in [0.2, 0.25) is 0 Å². The van der Waals surface area contributed by atoms with E-state index in [0.29, 0.717) is 12.2 Å². The van der Waals surface area contributed by atoms with Gasteiger partial charge in [0.05, 0.1) is 0 Å². The van der Waals surface area contributed by atoms with Crippen LogP contribution in [0.3, 0.4) is 0 Å². The molecule has 0 radical (unpaired) electrons. The lowest BCUT2D eigenvalue weighted by molar-refractivity contribution is 0.123. The number of para-hydroxylation sites is 1. The van der Waals surface area contributed by atoms with Crippen molar-refractivity contribution in [2.75, 3.05) is 13.3 Å². The summed E-state index contributed by atoms with van der Waals surface area (Å²) in [6.07, 6.45) is 5.44. The molecular weight excluding hydrogens is 226 g/mol. The summed E-state index contributed by atoms with van der Waals surface area (Å²) in [5.74, 6) is 1.80. The molecule has 98 valence electrons. The standard InChI is InChI=1S/C15H21NO2/c1-2-15(7-4-8-15)10-16-9-12-5-3-6-13-14(12)18-11-17-13/h3,5-6,16H,2,4,7-11H2,1H3. The first-order valence-corrected chi connectivity index (χ1v) is 6.91. The second kappa shape index (κ2) is 4.81. The Bertz CT molecular complexity index is 421. The zero-order valence-electron chi connectivity index (χ0n) is 11.0. The number of ether oxygens (including phenoxy) is 2. The monoisotopic (exact) mass is 247 g/mol. The average molecular weight is 247 g/mol. The van der Waals surface area contributed by atoms with Gasteiger partial charge in [-0.25, -0.2) is 0 Å². The van der Waals surface area contributed by atoms with Crippen molar-refractivity contribution in [2.45, 2.75) is 39.2 Å². The second-order valence-corrected chi connectivity index (χ2v) is 5.46. The number of hydrogen-bond donors (Lipinski definition) is 1. The van der Waals surface area contributed by atoms with E-state index >= 15 is 0 Å². The number of fused-ring (bicyclic) bond motifs is 1. The third kappa shape index (κ3) is 2.07. The van der Waals surface area contributed by atoms with E-state index in [-0.39, 0.29) is 0 Å². The Morgan fingerprint density at radius 2 is 2.17 bits per heavy atom. The van der Waals surface area contributed by atoms with E-state index in [1.165, 1.54) is 31.2 Å². The van der Waals surface area contributed by atoms with Gasteiger partial charge < -0.3 is 14.8 Å². The minimum atomic E-state index is 0.352. The fourth-order valence-corrected chi connectivity index (χ4v) is 2.92. The fraction of sp³-hybridized carbons (Fsp3) is 0.600. The summed E-state index contributed by atoms with van der Waals surface area (Å²) in [7, 11) is 0. The quantitative estimate of drug-likeness (QED) is 0.867. The summed E-state index contributed by atoms with van der Waals surface area (Å²) in [6, 6.07) is 6.11. The fourth-order valence-electron chi connectivity index (χ4n) is 2.92. The van der Waals surface area contributed by atoms with Crippen LogP contribution >= 0.6 is 0 Å². The van der Waals surface area contributed by atoms with Gasteiger partial charge in [0.15, 0.2) is 11.5 Å². The van der Waals surface area contributed by atoms with Crippen LogP contribution in [-0.2, 0) is 6.54 Å². The largest absolute Gasteiger partial charge is 0.454 e. The van der Waals surface area contributed by atoms with Crippen molar-refractivity contribution in [1.82, 2.24) is 5.32 Å². The Balaban J connectivity index is 1.59. The van der Waals surface area contributed by atoms with Crippen LogP contribution in [-0.4, -0.2) is 13.3 Å². The predicted molar refractivity (Wildman–Crippen MR) is 70.8 cm³/mol. The third-order valence-corrected chi connectivity index (χ3v) is 4.46. The summed E-state index contributed by atoms with van der Waals surface area (Å²) in [6.45, 7) is 4.64. The highest BCUT2D eigenvalue weighted by molar-refractivity contribution is 5.48. The van der Waals surface area contributed by atoms with E-state index in [9.17, 15) is 0 Å². The van der Waals surface area contributed by atoms with E-state index in [1.807, 2.05) is 12.1 Å². The SMILES string of the molecule is CCC1(CNCc2cccc3c2OCO3)CCC1. The van der Waals surface area contributed by atoms with Crippen molar-refractivity contribution in [1.29, 1.82) is 0 Å². The van der Waals surface area contributed by atoms with Gasteiger partial charge in [-0.1, -0.05) is 25.5 Å². The Hall–Kier alpha value is -1.22. The summed E-state index contributed by atoms with van der Waals surface area (Å²) in [5.41, 5.74) is 1.77. The van der Waals surface area contributed by atoms with Crippen molar-refractivity contribution >= 4 is 0 Å². The topological polar surface area (TPSA) is 30.5 Å². The number of rotatable bonds is 5. The molecule has 3 rings (SSSR count). The summed E-state index contributed by atoms with van der Waals surface area (Å²) in [5, 5.41) is 3.59. The van der Waals surface area contributed by atoms with Crippen LogP contribution in [0.25, 0.3) is 0 Å². The van der Waals surface area contributed by atoms with Crippen LogP contribution in [0, 0.1) is 5.41 Å². The van der Waals surface area contributed by atoms with Gasteiger partial charge in [0, 0.05) is 18.7 Å². The van der Waals surface area contributed by atoms with Crippen molar-refractivity contribution in [3.8, 4) is 11.5 Å². The van der Waals surface area contributed by atoms with E-state index < -0.39 is 0 Å². The number of nitrogens with one attached hydrogen (secondary N) is 1. The van der Waals surface area contributed by atoms with Gasteiger partial charge in [0.25, 0.3) is 0 Å². The molecule has 0 aromatic heterocycles. The minimum Gasteiger partial charge on any atom is -0.454 e. The maximum atomic E-state index is 5.52. The molecule has 0 atom stereocenters. The zero-order chi connectivity index (χ0) is 12.4. The molecule has 1 aromatic carbocycles. The molecule has 1 heterocycles. The summed E-state index contributed by atoms with van der Waals surface area (Å²) >= 11 is 0. The van der Waals surface area contributed by atoms with E-state index in [1.54, 1.807) is 0 Å². The Morgan fingerprint density at radius 3 is 2.89 bits per heavy atom. The predicted octanol–water partition coefficient (Wildman–Crippen LogP) is 3.09. The Kier molecular flexibility index (Phi) is 3.16. The maximum Gasteiger partial charge on any atom is 0.231 e. The van der Waals surface area contributed by atoms with Crippen LogP contribution in [0.1, 0.15) is 38.2 Å². The second-order valence-electron chi connectivity index (χ2n) is 5.46. The lowest BCUT2D eigenvalue weighted by Crippen LogP contribution is -2.39.